The number of ketones is 1. The number of alkyl halides is 3. The number of halogens is 3. The van der Waals surface area contributed by atoms with Crippen LogP contribution in [0.25, 0.3) is 0 Å². The predicted octanol–water partition coefficient (Wildman–Crippen LogP) is 2.61. The molecule has 1 atom stereocenters. The van der Waals surface area contributed by atoms with Crippen LogP contribution >= 0.6 is 0 Å². The van der Waals surface area contributed by atoms with Crippen LogP contribution in [-0.4, -0.2) is 43.0 Å². The van der Waals surface area contributed by atoms with Gasteiger partial charge in [0.1, 0.15) is 0 Å². The average molecular weight is 287 g/mol. The molecule has 3 nitrogen and oxygen atoms in total. The highest BCUT2D eigenvalue weighted by Crippen LogP contribution is 2.29. The highest BCUT2D eigenvalue weighted by molar-refractivity contribution is 5.99. The zero-order valence-electron chi connectivity index (χ0n) is 11.1. The first-order valence-electron chi connectivity index (χ1n) is 6.43. The van der Waals surface area contributed by atoms with E-state index in [2.05, 4.69) is 0 Å². The zero-order chi connectivity index (χ0) is 14.8. The van der Waals surface area contributed by atoms with Crippen LogP contribution in [-0.2, 0) is 10.9 Å². The molecule has 110 valence electrons. The Balaban J connectivity index is 2.08. The van der Waals surface area contributed by atoms with E-state index in [1.54, 1.807) is 6.92 Å². The molecule has 0 amide bonds. The molecule has 1 heterocycles. The normalized spacial score (nSPS) is 18.8. The maximum Gasteiger partial charge on any atom is 0.416 e. The molecule has 1 aliphatic rings. The van der Waals surface area contributed by atoms with E-state index in [1.807, 2.05) is 4.90 Å². The number of carbonyl (C=O) groups excluding carboxylic acids is 1. The van der Waals surface area contributed by atoms with Gasteiger partial charge in [-0.1, -0.05) is 12.1 Å². The molecule has 0 spiro atoms. The number of carbonyl (C=O) groups is 1. The van der Waals surface area contributed by atoms with Crippen molar-refractivity contribution < 1.29 is 22.7 Å². The van der Waals surface area contributed by atoms with E-state index in [4.69, 9.17) is 4.74 Å². The van der Waals surface area contributed by atoms with E-state index in [-0.39, 0.29) is 11.8 Å². The van der Waals surface area contributed by atoms with Gasteiger partial charge < -0.3 is 4.74 Å². The second kappa shape index (κ2) is 5.93. The van der Waals surface area contributed by atoms with Gasteiger partial charge in [0.05, 0.1) is 24.8 Å². The van der Waals surface area contributed by atoms with Gasteiger partial charge in [-0.05, 0) is 19.1 Å². The van der Waals surface area contributed by atoms with E-state index in [0.29, 0.717) is 31.9 Å². The van der Waals surface area contributed by atoms with E-state index in [9.17, 15) is 18.0 Å². The number of hydrogen-bond acceptors (Lipinski definition) is 3. The minimum Gasteiger partial charge on any atom is -0.379 e. The van der Waals surface area contributed by atoms with Crippen LogP contribution in [0.15, 0.2) is 24.3 Å². The second-order valence-electron chi connectivity index (χ2n) is 4.76. The summed E-state index contributed by atoms with van der Waals surface area (Å²) in [6.45, 7) is 4.24. The summed E-state index contributed by atoms with van der Waals surface area (Å²) < 4.78 is 42.6. The van der Waals surface area contributed by atoms with Crippen molar-refractivity contribution >= 4 is 5.78 Å². The fraction of sp³-hybridized carbons (Fsp3) is 0.500. The van der Waals surface area contributed by atoms with Gasteiger partial charge >= 0.3 is 6.18 Å². The standard InChI is InChI=1S/C14H16F3NO2/c1-10(18-6-8-20-9-7-18)13(19)11-2-4-12(5-3-11)14(15,16)17/h2-5,10H,6-9H2,1H3. The van der Waals surface area contributed by atoms with Gasteiger partial charge in [-0.25, -0.2) is 0 Å². The topological polar surface area (TPSA) is 29.5 Å². The molecule has 1 aromatic carbocycles. The van der Waals surface area contributed by atoms with Gasteiger partial charge in [0, 0.05) is 18.7 Å². The molecule has 1 aliphatic heterocycles. The summed E-state index contributed by atoms with van der Waals surface area (Å²) in [7, 11) is 0. The van der Waals surface area contributed by atoms with Gasteiger partial charge in [0.15, 0.2) is 5.78 Å². The predicted molar refractivity (Wildman–Crippen MR) is 67.6 cm³/mol. The van der Waals surface area contributed by atoms with E-state index < -0.39 is 11.7 Å². The Morgan fingerprint density at radius 3 is 2.25 bits per heavy atom. The molecule has 20 heavy (non-hydrogen) atoms. The number of ether oxygens (including phenoxy) is 1. The highest BCUT2D eigenvalue weighted by atomic mass is 19.4. The minimum atomic E-state index is -4.38. The lowest BCUT2D eigenvalue weighted by molar-refractivity contribution is -0.137. The fourth-order valence-electron chi connectivity index (χ4n) is 2.20. The minimum absolute atomic E-state index is 0.166. The third-order valence-electron chi connectivity index (χ3n) is 3.47. The van der Waals surface area contributed by atoms with Crippen LogP contribution in [0.3, 0.4) is 0 Å². The quantitative estimate of drug-likeness (QED) is 0.800. The SMILES string of the molecule is CC(C(=O)c1ccc(C(F)(F)F)cc1)N1CCOCC1. The Morgan fingerprint density at radius 1 is 1.20 bits per heavy atom. The Morgan fingerprint density at radius 2 is 1.75 bits per heavy atom. The van der Waals surface area contributed by atoms with Gasteiger partial charge in [0.2, 0.25) is 0 Å². The Hall–Kier alpha value is -1.40. The Labute approximate surface area is 115 Å². The summed E-state index contributed by atoms with van der Waals surface area (Å²) in [5, 5.41) is 0. The summed E-state index contributed by atoms with van der Waals surface area (Å²) in [6.07, 6.45) is -4.38. The van der Waals surface area contributed by atoms with Crippen LogP contribution in [0.1, 0.15) is 22.8 Å². The van der Waals surface area contributed by atoms with Crippen molar-refractivity contribution in [2.24, 2.45) is 0 Å². The molecule has 0 saturated carbocycles. The van der Waals surface area contributed by atoms with Crippen molar-refractivity contribution in [1.82, 2.24) is 4.90 Å². The highest BCUT2D eigenvalue weighted by Gasteiger charge is 2.31. The number of morpholine rings is 1. The zero-order valence-corrected chi connectivity index (χ0v) is 11.1. The molecule has 1 saturated heterocycles. The van der Waals surface area contributed by atoms with Crippen LogP contribution in [0, 0.1) is 0 Å². The van der Waals surface area contributed by atoms with Crippen LogP contribution in [0.4, 0.5) is 13.2 Å². The summed E-state index contributed by atoms with van der Waals surface area (Å²) in [5.41, 5.74) is -0.440. The van der Waals surface area contributed by atoms with Crippen molar-refractivity contribution in [2.75, 3.05) is 26.3 Å². The molecule has 0 radical (unpaired) electrons. The molecule has 2 rings (SSSR count). The van der Waals surface area contributed by atoms with Gasteiger partial charge in [-0.3, -0.25) is 9.69 Å². The van der Waals surface area contributed by atoms with Crippen LogP contribution < -0.4 is 0 Å². The Bertz CT molecular complexity index is 464. The van der Waals surface area contributed by atoms with E-state index >= 15 is 0 Å². The fourth-order valence-corrected chi connectivity index (χ4v) is 2.20. The monoisotopic (exact) mass is 287 g/mol. The van der Waals surface area contributed by atoms with Crippen LogP contribution in [0.5, 0.6) is 0 Å². The van der Waals surface area contributed by atoms with E-state index in [0.717, 1.165) is 12.1 Å². The number of nitrogens with zero attached hydrogens (tertiary/aromatic N) is 1. The third-order valence-corrected chi connectivity index (χ3v) is 3.47. The molecule has 0 bridgehead atoms. The summed E-state index contributed by atoms with van der Waals surface area (Å²) in [6, 6.07) is 4.01. The molecule has 0 aromatic heterocycles. The molecule has 1 fully saturated rings. The summed E-state index contributed by atoms with van der Waals surface area (Å²) in [4.78, 5) is 14.2. The second-order valence-corrected chi connectivity index (χ2v) is 4.76. The lowest BCUT2D eigenvalue weighted by Gasteiger charge is -2.31. The van der Waals surface area contributed by atoms with Crippen molar-refractivity contribution in [1.29, 1.82) is 0 Å². The Kier molecular flexibility index (Phi) is 4.45. The number of benzene rings is 1. The average Bonchev–Trinajstić information content (AvgIpc) is 2.46. The van der Waals surface area contributed by atoms with Crippen LogP contribution in [0.2, 0.25) is 0 Å². The maximum atomic E-state index is 12.5. The van der Waals surface area contributed by atoms with Gasteiger partial charge in [0.25, 0.3) is 0 Å². The summed E-state index contributed by atoms with van der Waals surface area (Å²) >= 11 is 0. The third kappa shape index (κ3) is 3.37. The van der Waals surface area contributed by atoms with Gasteiger partial charge in [-0.15, -0.1) is 0 Å². The van der Waals surface area contributed by atoms with Crippen molar-refractivity contribution in [3.63, 3.8) is 0 Å². The lowest BCUT2D eigenvalue weighted by atomic mass is 10.0. The molecule has 6 heteroatoms. The largest absolute Gasteiger partial charge is 0.416 e. The first-order chi connectivity index (χ1) is 9.39. The number of Topliss-reactive ketones (excluding diaryl/α,β-unsaturated/α-hetero) is 1. The molecular formula is C14H16F3NO2. The van der Waals surface area contributed by atoms with E-state index in [1.165, 1.54) is 12.1 Å². The molecule has 0 aliphatic carbocycles. The summed E-state index contributed by atoms with van der Waals surface area (Å²) in [5.74, 6) is -0.166. The maximum absolute atomic E-state index is 12.5. The van der Waals surface area contributed by atoms with Crippen molar-refractivity contribution in [3.05, 3.63) is 35.4 Å². The van der Waals surface area contributed by atoms with Gasteiger partial charge in [-0.2, -0.15) is 13.2 Å². The van der Waals surface area contributed by atoms with Crippen molar-refractivity contribution in [2.45, 2.75) is 19.1 Å². The number of rotatable bonds is 3. The lowest BCUT2D eigenvalue weighted by Crippen LogP contribution is -2.45. The smallest absolute Gasteiger partial charge is 0.379 e. The van der Waals surface area contributed by atoms with Crippen molar-refractivity contribution in [3.8, 4) is 0 Å². The molecular weight excluding hydrogens is 271 g/mol. The first-order valence-corrected chi connectivity index (χ1v) is 6.43. The molecule has 1 unspecified atom stereocenters. The number of hydrogen-bond donors (Lipinski definition) is 0. The first kappa shape index (κ1) is 15.0. The molecule has 1 aromatic rings. The molecule has 0 N–H and O–H groups in total.